The summed E-state index contributed by atoms with van der Waals surface area (Å²) in [6.07, 6.45) is 2.52. The third-order valence-electron chi connectivity index (χ3n) is 5.22. The lowest BCUT2D eigenvalue weighted by Gasteiger charge is -2.09. The van der Waals surface area contributed by atoms with Crippen molar-refractivity contribution < 1.29 is 27.0 Å². The summed E-state index contributed by atoms with van der Waals surface area (Å²) in [6.45, 7) is 1.06. The molecule has 1 heterocycles. The molecule has 5 nitrogen and oxygen atoms in total. The molecule has 0 aromatic heterocycles. The normalized spacial score (nSPS) is 12.3. The molecule has 4 rings (SSSR count). The third-order valence-corrected chi connectivity index (χ3v) is 6.25. The van der Waals surface area contributed by atoms with Crippen molar-refractivity contribution in [3.63, 3.8) is 0 Å². The van der Waals surface area contributed by atoms with Gasteiger partial charge >= 0.3 is 0 Å². The monoisotopic (exact) mass is 480 g/mol. The van der Waals surface area contributed by atoms with Gasteiger partial charge in [-0.2, -0.15) is 0 Å². The molecule has 7 heteroatoms. The van der Waals surface area contributed by atoms with Crippen LogP contribution in [0.1, 0.15) is 28.7 Å². The summed E-state index contributed by atoms with van der Waals surface area (Å²) in [5, 5.41) is 0. The van der Waals surface area contributed by atoms with Crippen LogP contribution in [-0.2, 0) is 22.9 Å². The van der Waals surface area contributed by atoms with Gasteiger partial charge < -0.3 is 14.2 Å². The number of ether oxygens (including phenoxy) is 3. The zero-order chi connectivity index (χ0) is 24.0. The minimum Gasteiger partial charge on any atom is -0.494 e. The van der Waals surface area contributed by atoms with Crippen molar-refractivity contribution in [1.29, 1.82) is 0 Å². The van der Waals surface area contributed by atoms with Crippen molar-refractivity contribution >= 4 is 9.84 Å². The molecule has 34 heavy (non-hydrogen) atoms. The van der Waals surface area contributed by atoms with Gasteiger partial charge in [0, 0.05) is 35.4 Å². The van der Waals surface area contributed by atoms with Crippen molar-refractivity contribution in [2.45, 2.75) is 19.4 Å². The first-order valence-electron chi connectivity index (χ1n) is 11.0. The zero-order valence-electron chi connectivity index (χ0n) is 18.8. The van der Waals surface area contributed by atoms with Gasteiger partial charge in [-0.3, -0.25) is 0 Å². The summed E-state index contributed by atoms with van der Waals surface area (Å²) in [4.78, 5) is 0. The van der Waals surface area contributed by atoms with Gasteiger partial charge in [-0.25, -0.2) is 12.8 Å². The Morgan fingerprint density at radius 3 is 2.59 bits per heavy atom. The van der Waals surface area contributed by atoms with Gasteiger partial charge in [-0.05, 0) is 54.4 Å². The van der Waals surface area contributed by atoms with E-state index in [4.69, 9.17) is 14.2 Å². The van der Waals surface area contributed by atoms with Gasteiger partial charge in [0.15, 0.2) is 0 Å². The Labute approximate surface area is 199 Å². The van der Waals surface area contributed by atoms with Gasteiger partial charge in [-0.1, -0.05) is 24.0 Å². The van der Waals surface area contributed by atoms with Crippen LogP contribution in [0.15, 0.2) is 60.7 Å². The molecular weight excluding hydrogens is 455 g/mol. The van der Waals surface area contributed by atoms with Crippen molar-refractivity contribution in [2.24, 2.45) is 0 Å². The third kappa shape index (κ3) is 6.75. The minimum atomic E-state index is -3.00. The van der Waals surface area contributed by atoms with Crippen LogP contribution in [-0.4, -0.2) is 33.6 Å². The van der Waals surface area contributed by atoms with E-state index in [-0.39, 0.29) is 18.2 Å². The molecule has 3 aromatic rings. The molecule has 3 aromatic carbocycles. The molecule has 0 amide bonds. The van der Waals surface area contributed by atoms with Crippen LogP contribution < -0.4 is 14.2 Å². The predicted molar refractivity (Wildman–Crippen MR) is 129 cm³/mol. The average Bonchev–Trinajstić information content (AvgIpc) is 3.28. The number of hydrogen-bond acceptors (Lipinski definition) is 5. The summed E-state index contributed by atoms with van der Waals surface area (Å²) >= 11 is 0. The SMILES string of the molecule is CS(=O)(=O)CCCOc1cccc(C#Cc2ccc(F)c(COc3ccc4c(c3)OCC4)c2)c1. The highest BCUT2D eigenvalue weighted by Gasteiger charge is 2.13. The van der Waals surface area contributed by atoms with Gasteiger partial charge in [-0.15, -0.1) is 0 Å². The Kier molecular flexibility index (Phi) is 7.39. The van der Waals surface area contributed by atoms with Crippen LogP contribution in [0.5, 0.6) is 17.2 Å². The highest BCUT2D eigenvalue weighted by atomic mass is 32.2. The second-order valence-corrected chi connectivity index (χ2v) is 10.3. The van der Waals surface area contributed by atoms with Gasteiger partial charge in [0.2, 0.25) is 0 Å². The van der Waals surface area contributed by atoms with Crippen molar-refractivity contribution in [3.05, 3.63) is 88.7 Å². The van der Waals surface area contributed by atoms with Crippen molar-refractivity contribution in [2.75, 3.05) is 25.2 Å². The van der Waals surface area contributed by atoms with Gasteiger partial charge in [0.1, 0.15) is 39.5 Å². The van der Waals surface area contributed by atoms with E-state index in [0.29, 0.717) is 42.3 Å². The van der Waals surface area contributed by atoms with E-state index < -0.39 is 9.84 Å². The molecule has 0 saturated heterocycles. The van der Waals surface area contributed by atoms with Crippen LogP contribution in [0.3, 0.4) is 0 Å². The fraction of sp³-hybridized carbons (Fsp3) is 0.259. The maximum atomic E-state index is 14.3. The highest BCUT2D eigenvalue weighted by molar-refractivity contribution is 7.90. The fourth-order valence-corrected chi connectivity index (χ4v) is 4.12. The van der Waals surface area contributed by atoms with E-state index in [2.05, 4.69) is 11.8 Å². The van der Waals surface area contributed by atoms with E-state index in [1.54, 1.807) is 24.3 Å². The van der Waals surface area contributed by atoms with Gasteiger partial charge in [0.25, 0.3) is 0 Å². The van der Waals surface area contributed by atoms with Gasteiger partial charge in [0.05, 0.1) is 19.0 Å². The molecular formula is C27H25FO5S. The number of fused-ring (bicyclic) bond motifs is 1. The molecule has 1 aliphatic heterocycles. The molecule has 0 atom stereocenters. The van der Waals surface area contributed by atoms with Crippen molar-refractivity contribution in [1.82, 2.24) is 0 Å². The zero-order valence-corrected chi connectivity index (χ0v) is 19.7. The van der Waals surface area contributed by atoms with Crippen LogP contribution >= 0.6 is 0 Å². The summed E-state index contributed by atoms with van der Waals surface area (Å²) in [5.41, 5.74) is 2.97. The second kappa shape index (κ2) is 10.6. The molecule has 0 fully saturated rings. The van der Waals surface area contributed by atoms with Crippen LogP contribution in [0.2, 0.25) is 0 Å². The van der Waals surface area contributed by atoms with E-state index >= 15 is 0 Å². The summed E-state index contributed by atoms with van der Waals surface area (Å²) in [5.74, 6) is 7.91. The molecule has 0 saturated carbocycles. The molecule has 0 N–H and O–H groups in total. The molecule has 0 aliphatic carbocycles. The Balaban J connectivity index is 1.38. The fourth-order valence-electron chi connectivity index (χ4n) is 3.48. The second-order valence-electron chi connectivity index (χ2n) is 8.07. The van der Waals surface area contributed by atoms with E-state index in [9.17, 15) is 12.8 Å². The maximum Gasteiger partial charge on any atom is 0.147 e. The van der Waals surface area contributed by atoms with Crippen molar-refractivity contribution in [3.8, 4) is 29.1 Å². The quantitative estimate of drug-likeness (QED) is 0.350. The molecule has 1 aliphatic rings. The van der Waals surface area contributed by atoms with Crippen LogP contribution in [0, 0.1) is 17.7 Å². The summed E-state index contributed by atoms with van der Waals surface area (Å²) in [6, 6.07) is 17.6. The molecule has 0 bridgehead atoms. The standard InChI is InChI=1S/C27H25FO5S/c1-34(29,30)15-3-13-31-24-5-2-4-20(17-24)6-7-21-8-11-26(28)23(16-21)19-33-25-10-9-22-12-14-32-27(22)18-25/h2,4-5,8-11,16-18H,3,12-15,19H2,1H3. The lowest BCUT2D eigenvalue weighted by Crippen LogP contribution is -2.07. The highest BCUT2D eigenvalue weighted by Crippen LogP contribution is 2.30. The summed E-state index contributed by atoms with van der Waals surface area (Å²) in [7, 11) is -3.00. The van der Waals surface area contributed by atoms with Crippen LogP contribution in [0.25, 0.3) is 0 Å². The van der Waals surface area contributed by atoms with E-state index in [1.807, 2.05) is 30.3 Å². The molecule has 0 unspecified atom stereocenters. The minimum absolute atomic E-state index is 0.0803. The Bertz CT molecular complexity index is 1340. The summed E-state index contributed by atoms with van der Waals surface area (Å²) < 4.78 is 53.7. The number of halogens is 1. The first-order valence-corrected chi connectivity index (χ1v) is 13.0. The Hall–Kier alpha value is -3.50. The number of rotatable bonds is 8. The topological polar surface area (TPSA) is 61.8 Å². The van der Waals surface area contributed by atoms with Crippen LogP contribution in [0.4, 0.5) is 4.39 Å². The largest absolute Gasteiger partial charge is 0.494 e. The predicted octanol–water partition coefficient (Wildman–Crippen LogP) is 4.55. The lowest BCUT2D eigenvalue weighted by atomic mass is 10.1. The number of sulfone groups is 1. The lowest BCUT2D eigenvalue weighted by molar-refractivity contribution is 0.296. The molecule has 0 spiro atoms. The number of hydrogen-bond donors (Lipinski definition) is 0. The Morgan fingerprint density at radius 1 is 0.971 bits per heavy atom. The smallest absolute Gasteiger partial charge is 0.147 e. The number of benzene rings is 3. The van der Waals surface area contributed by atoms with E-state index in [1.165, 1.54) is 12.3 Å². The molecule has 176 valence electrons. The first-order chi connectivity index (χ1) is 16.4. The molecule has 0 radical (unpaired) electrons. The maximum absolute atomic E-state index is 14.3. The van der Waals surface area contributed by atoms with E-state index in [0.717, 1.165) is 23.3 Å². The average molecular weight is 481 g/mol. The first kappa shape index (κ1) is 23.7. The Morgan fingerprint density at radius 2 is 1.76 bits per heavy atom.